The van der Waals surface area contributed by atoms with Gasteiger partial charge in [0.05, 0.1) is 60.8 Å². The van der Waals surface area contributed by atoms with Crippen LogP contribution in [0, 0.1) is 23.7 Å². The van der Waals surface area contributed by atoms with Gasteiger partial charge in [-0.25, -0.2) is 0 Å². The second-order valence-electron chi connectivity index (χ2n) is 20.7. The molecule has 0 aliphatic carbocycles. The summed E-state index contributed by atoms with van der Waals surface area (Å²) >= 11 is 0. The Hall–Kier alpha value is -3.42. The maximum absolute atomic E-state index is 14.8. The number of esters is 2. The van der Waals surface area contributed by atoms with Gasteiger partial charge in [0.25, 0.3) is 0 Å². The Balaban J connectivity index is 1.54. The number of cyclic esters (lactones) is 1. The zero-order valence-electron chi connectivity index (χ0n) is 41.7. The van der Waals surface area contributed by atoms with Crippen LogP contribution in [0.3, 0.4) is 0 Å². The van der Waals surface area contributed by atoms with Gasteiger partial charge >= 0.3 is 11.9 Å². The number of aromatic nitrogens is 1. The van der Waals surface area contributed by atoms with Crippen LogP contribution in [-0.2, 0) is 52.3 Å². The van der Waals surface area contributed by atoms with E-state index >= 15 is 0 Å². The fourth-order valence-electron chi connectivity index (χ4n) is 11.0. The molecule has 16 nitrogen and oxygen atoms in total. The molecule has 0 radical (unpaired) electrons. The van der Waals surface area contributed by atoms with Gasteiger partial charge in [-0.15, -0.1) is 0 Å². The van der Waals surface area contributed by atoms with Crippen molar-refractivity contribution in [1.82, 2.24) is 9.88 Å². The van der Waals surface area contributed by atoms with E-state index in [2.05, 4.69) is 4.98 Å². The van der Waals surface area contributed by atoms with Gasteiger partial charge in [0.1, 0.15) is 29.2 Å². The number of benzene rings is 1. The summed E-state index contributed by atoms with van der Waals surface area (Å²) in [6.45, 7) is 18.5. The number of aliphatic hydroxyl groups excluding tert-OH is 1. The fraction of sp³-hybridized carbons (Fsp3) is 0.725. The van der Waals surface area contributed by atoms with Crippen LogP contribution in [0.1, 0.15) is 107 Å². The summed E-state index contributed by atoms with van der Waals surface area (Å²) in [7, 11) is 3.77. The van der Waals surface area contributed by atoms with E-state index in [-0.39, 0.29) is 50.4 Å². The Morgan fingerprint density at radius 2 is 1.66 bits per heavy atom. The number of carbonyl (C=O) groups excluding carboxylic acids is 3. The quantitative estimate of drug-likeness (QED) is 0.284. The van der Waals surface area contributed by atoms with E-state index < -0.39 is 108 Å². The van der Waals surface area contributed by atoms with Gasteiger partial charge in [0.15, 0.2) is 18.7 Å². The lowest BCUT2D eigenvalue weighted by Crippen LogP contribution is -2.61. The number of ketones is 1. The number of rotatable bonds is 8. The number of para-hydroxylation sites is 1. The Labute approximate surface area is 395 Å². The van der Waals surface area contributed by atoms with E-state index in [4.69, 9.17) is 37.9 Å². The molecule has 4 aliphatic rings. The molecule has 0 spiro atoms. The van der Waals surface area contributed by atoms with Crippen molar-refractivity contribution in [1.29, 1.82) is 0 Å². The number of aliphatic hydroxyl groups is 3. The minimum Gasteiger partial charge on any atom is -0.459 e. The molecule has 4 saturated heterocycles. The van der Waals surface area contributed by atoms with E-state index in [1.54, 1.807) is 33.9 Å². The van der Waals surface area contributed by atoms with Crippen LogP contribution in [0.25, 0.3) is 17.0 Å². The molecule has 3 N–H and O–H groups in total. The van der Waals surface area contributed by atoms with Crippen LogP contribution in [0.15, 0.2) is 42.1 Å². The molecule has 2 bridgehead atoms. The van der Waals surface area contributed by atoms with Crippen molar-refractivity contribution in [3.63, 3.8) is 0 Å². The average Bonchev–Trinajstić information content (AvgIpc) is 3.27. The fourth-order valence-corrected chi connectivity index (χ4v) is 11.0. The number of fused-ring (bicyclic) bond motifs is 6. The van der Waals surface area contributed by atoms with Crippen LogP contribution in [0.2, 0.25) is 0 Å². The average molecular weight is 941 g/mol. The number of hydrogen-bond acceptors (Lipinski definition) is 16. The van der Waals surface area contributed by atoms with E-state index in [9.17, 15) is 29.7 Å². The largest absolute Gasteiger partial charge is 0.459 e. The maximum Gasteiger partial charge on any atom is 0.311 e. The molecule has 4 aliphatic heterocycles. The Morgan fingerprint density at radius 3 is 2.31 bits per heavy atom. The summed E-state index contributed by atoms with van der Waals surface area (Å²) in [4.78, 5) is 48.3. The summed E-state index contributed by atoms with van der Waals surface area (Å²) in [5.41, 5.74) is -2.59. The topological polar surface area (TPSA) is 202 Å². The second kappa shape index (κ2) is 21.3. The first-order valence-electron chi connectivity index (χ1n) is 24.0. The third-order valence-corrected chi connectivity index (χ3v) is 14.6. The number of hydrogen-bond donors (Lipinski definition) is 3. The molecule has 67 heavy (non-hydrogen) atoms. The lowest BCUT2D eigenvalue weighted by atomic mass is 9.73. The van der Waals surface area contributed by atoms with Crippen LogP contribution >= 0.6 is 0 Å². The van der Waals surface area contributed by atoms with Crippen molar-refractivity contribution in [3.05, 3.63) is 47.7 Å². The molecule has 0 saturated carbocycles. The molecule has 0 amide bonds. The predicted molar refractivity (Wildman–Crippen MR) is 248 cm³/mol. The Morgan fingerprint density at radius 1 is 0.955 bits per heavy atom. The SMILES string of the molecule is CC[C@H]1OC(=O)[C@H](C)[C@@H](O[C@H]2C[C@@](C)(O)[C@@H](OC(C)=O)[C@H](C)O2)[C@H](C)[C@@H](O[C@@H]2O[C@H](C)C[C@H](N(C)C)[C@H]2O)[C@@]2(C)C[C@@H](C)C(=O)[C@H](C)[C@@H](OC/C(=C/c3cnc4ccccc4c3)CO2)[C@]1(C)O. The first kappa shape index (κ1) is 52.9. The van der Waals surface area contributed by atoms with Crippen LogP contribution < -0.4 is 0 Å². The molecule has 5 heterocycles. The predicted octanol–water partition coefficient (Wildman–Crippen LogP) is 5.40. The van der Waals surface area contributed by atoms with Gasteiger partial charge in [0, 0.05) is 48.7 Å². The molecule has 0 unspecified atom stereocenters. The minimum absolute atomic E-state index is 0.0256. The van der Waals surface area contributed by atoms with Crippen LogP contribution in [0.4, 0.5) is 0 Å². The molecule has 1 aromatic carbocycles. The van der Waals surface area contributed by atoms with Gasteiger partial charge in [0.2, 0.25) is 0 Å². The third-order valence-electron chi connectivity index (χ3n) is 14.6. The first-order valence-corrected chi connectivity index (χ1v) is 24.0. The number of ether oxygens (including phenoxy) is 8. The molecule has 1 aromatic heterocycles. The van der Waals surface area contributed by atoms with Gasteiger partial charge in [-0.2, -0.15) is 0 Å². The molecule has 4 fully saturated rings. The molecular formula is C51H76N2O14. The Kier molecular flexibility index (Phi) is 16.8. The highest BCUT2D eigenvalue weighted by Gasteiger charge is 2.55. The maximum atomic E-state index is 14.8. The summed E-state index contributed by atoms with van der Waals surface area (Å²) in [6.07, 6.45) is -5.70. The number of pyridine rings is 1. The normalized spacial score (nSPS) is 42.4. The smallest absolute Gasteiger partial charge is 0.311 e. The number of nitrogens with zero attached hydrogens (tertiary/aromatic N) is 2. The monoisotopic (exact) mass is 941 g/mol. The lowest BCUT2D eigenvalue weighted by Gasteiger charge is -2.50. The van der Waals surface area contributed by atoms with Gasteiger partial charge in [-0.1, -0.05) is 45.9 Å². The Bertz CT molecular complexity index is 2080. The second-order valence-corrected chi connectivity index (χ2v) is 20.7. The minimum atomic E-state index is -1.87. The van der Waals surface area contributed by atoms with Crippen molar-refractivity contribution in [2.24, 2.45) is 23.7 Å². The third kappa shape index (κ3) is 11.8. The summed E-state index contributed by atoms with van der Waals surface area (Å²) in [5, 5.41) is 37.3. The van der Waals surface area contributed by atoms with Gasteiger partial charge in [-0.3, -0.25) is 19.4 Å². The standard InChI is InChI=1S/C51H76N2O14/c1-14-39-51(11,59)45-29(4)41(55)27(2)22-50(10,61-26-35(25-60-45)20-34-21-36-17-15-16-18-37(36)52-24-34)44(67-48-42(56)38(53(12)13)19-28(3)62-48)30(5)43(31(6)47(57)65-39)66-40-23-49(9,58)46(32(7)63-40)64-33(8)54/h15-18,20-21,24,27-32,38-40,42-46,48,56,58-59H,14,19,22-23,25-26H2,1-13H3/b35-20-/t27-,28-,29+,30+,31-,32+,38+,39-,40+,42-,43+,44-,45-,46+,48+,49-,50-,51-/m1/s1. The number of Topliss-reactive ketones (excluding diaryl/α,β-unsaturated/α-hetero) is 1. The highest BCUT2D eigenvalue weighted by atomic mass is 16.7. The first-order chi connectivity index (χ1) is 31.4. The number of likely N-dealkylation sites (N-methyl/N-ethyl adjacent to an activating group) is 1. The van der Waals surface area contributed by atoms with Crippen molar-refractivity contribution >= 4 is 34.7 Å². The van der Waals surface area contributed by atoms with Crippen LogP contribution in [0.5, 0.6) is 0 Å². The van der Waals surface area contributed by atoms with Crippen molar-refractivity contribution in [2.75, 3.05) is 27.3 Å². The highest BCUT2D eigenvalue weighted by Crippen LogP contribution is 2.43. The molecule has 18 atom stereocenters. The van der Waals surface area contributed by atoms with E-state index in [0.717, 1.165) is 16.5 Å². The van der Waals surface area contributed by atoms with Crippen molar-refractivity contribution < 1.29 is 67.6 Å². The highest BCUT2D eigenvalue weighted by molar-refractivity contribution is 5.84. The zero-order valence-corrected chi connectivity index (χ0v) is 41.7. The molecule has 374 valence electrons. The summed E-state index contributed by atoms with van der Waals surface area (Å²) < 4.78 is 52.4. The summed E-state index contributed by atoms with van der Waals surface area (Å²) in [6, 6.07) is 9.45. The van der Waals surface area contributed by atoms with Gasteiger partial charge in [-0.05, 0) is 104 Å². The van der Waals surface area contributed by atoms with Crippen molar-refractivity contribution in [3.8, 4) is 0 Å². The zero-order chi connectivity index (χ0) is 49.3. The van der Waals surface area contributed by atoms with Crippen molar-refractivity contribution in [2.45, 2.75) is 186 Å². The summed E-state index contributed by atoms with van der Waals surface area (Å²) in [5.74, 6) is -4.98. The number of carbonyl (C=O) groups is 3. The molecule has 6 rings (SSSR count). The van der Waals surface area contributed by atoms with Crippen LogP contribution in [-0.4, -0.2) is 154 Å². The molecule has 16 heteroatoms. The molecular weight excluding hydrogens is 865 g/mol. The lowest BCUT2D eigenvalue weighted by molar-refractivity contribution is -0.319. The van der Waals surface area contributed by atoms with Gasteiger partial charge < -0.3 is 58.1 Å². The van der Waals surface area contributed by atoms with E-state index in [1.165, 1.54) is 20.8 Å². The molecule has 2 aromatic rings. The van der Waals surface area contributed by atoms with E-state index in [1.807, 2.05) is 83.1 Å². The van der Waals surface area contributed by atoms with E-state index in [0.29, 0.717) is 12.0 Å².